The number of hydrogen-bond donors (Lipinski definition) is 1. The molecule has 1 nitrogen and oxygen atoms in total. The van der Waals surface area contributed by atoms with E-state index in [1.165, 1.54) is 32.1 Å². The molecule has 0 aromatic rings. The maximum absolute atomic E-state index is 3.42. The highest BCUT2D eigenvalue weighted by atomic mass is 14.9. The molecule has 0 aliphatic heterocycles. The Hall–Kier alpha value is -0.0400. The van der Waals surface area contributed by atoms with Crippen LogP contribution in [0, 0.1) is 5.41 Å². The SMILES string of the molecule is CN[C@@H]1CCCC12CC2. The monoisotopic (exact) mass is 125 g/mol. The van der Waals surface area contributed by atoms with Crippen molar-refractivity contribution in [2.45, 2.75) is 38.1 Å². The average Bonchev–Trinajstić information content (AvgIpc) is 2.45. The first-order valence-electron chi connectivity index (χ1n) is 4.05. The Morgan fingerprint density at radius 1 is 1.33 bits per heavy atom. The lowest BCUT2D eigenvalue weighted by atomic mass is 10.0. The van der Waals surface area contributed by atoms with Gasteiger partial charge in [0.1, 0.15) is 0 Å². The van der Waals surface area contributed by atoms with Crippen LogP contribution in [0.15, 0.2) is 0 Å². The Morgan fingerprint density at radius 2 is 2.11 bits per heavy atom. The molecule has 0 unspecified atom stereocenters. The van der Waals surface area contributed by atoms with Gasteiger partial charge in [-0.05, 0) is 38.1 Å². The van der Waals surface area contributed by atoms with Crippen molar-refractivity contribution in [3.8, 4) is 0 Å². The highest BCUT2D eigenvalue weighted by Crippen LogP contribution is 2.57. The first-order valence-corrected chi connectivity index (χ1v) is 4.05. The third kappa shape index (κ3) is 0.710. The molecule has 52 valence electrons. The molecule has 0 amide bonds. The molecule has 9 heavy (non-hydrogen) atoms. The molecule has 2 rings (SSSR count). The molecule has 1 N–H and O–H groups in total. The van der Waals surface area contributed by atoms with Crippen molar-refractivity contribution >= 4 is 0 Å². The van der Waals surface area contributed by atoms with E-state index in [1.807, 2.05) is 0 Å². The summed E-state index contributed by atoms with van der Waals surface area (Å²) in [5.74, 6) is 0. The normalized spacial score (nSPS) is 37.7. The van der Waals surface area contributed by atoms with Gasteiger partial charge in [0.05, 0.1) is 0 Å². The lowest BCUT2D eigenvalue weighted by molar-refractivity contribution is 0.405. The van der Waals surface area contributed by atoms with Gasteiger partial charge in [0.15, 0.2) is 0 Å². The van der Waals surface area contributed by atoms with Crippen LogP contribution in [0.4, 0.5) is 0 Å². The van der Waals surface area contributed by atoms with Gasteiger partial charge in [-0.25, -0.2) is 0 Å². The van der Waals surface area contributed by atoms with Gasteiger partial charge in [-0.15, -0.1) is 0 Å². The minimum atomic E-state index is 0.800. The zero-order valence-electron chi connectivity index (χ0n) is 6.11. The van der Waals surface area contributed by atoms with Crippen LogP contribution in [0.2, 0.25) is 0 Å². The van der Waals surface area contributed by atoms with Crippen molar-refractivity contribution in [2.75, 3.05) is 7.05 Å². The maximum Gasteiger partial charge on any atom is 0.0120 e. The van der Waals surface area contributed by atoms with Crippen LogP contribution in [0.25, 0.3) is 0 Å². The second kappa shape index (κ2) is 1.72. The van der Waals surface area contributed by atoms with Crippen LogP contribution in [-0.4, -0.2) is 13.1 Å². The maximum atomic E-state index is 3.42. The van der Waals surface area contributed by atoms with E-state index in [0.717, 1.165) is 11.5 Å². The molecular weight excluding hydrogens is 110 g/mol. The summed E-state index contributed by atoms with van der Waals surface area (Å²) in [5, 5.41) is 3.42. The van der Waals surface area contributed by atoms with E-state index in [9.17, 15) is 0 Å². The number of rotatable bonds is 1. The van der Waals surface area contributed by atoms with Gasteiger partial charge in [0, 0.05) is 6.04 Å². The quantitative estimate of drug-likeness (QED) is 0.560. The standard InChI is InChI=1S/C8H15N/c1-9-7-3-2-4-8(7)5-6-8/h7,9H,2-6H2,1H3/t7-/m1/s1. The van der Waals surface area contributed by atoms with Crippen molar-refractivity contribution in [3.05, 3.63) is 0 Å². The minimum absolute atomic E-state index is 0.800. The molecule has 0 heterocycles. The van der Waals surface area contributed by atoms with Crippen LogP contribution in [0.3, 0.4) is 0 Å². The molecule has 0 aromatic carbocycles. The Morgan fingerprint density at radius 3 is 2.56 bits per heavy atom. The van der Waals surface area contributed by atoms with Crippen LogP contribution in [0.1, 0.15) is 32.1 Å². The molecular formula is C8H15N. The Balaban J connectivity index is 2.05. The fourth-order valence-corrected chi connectivity index (χ4v) is 2.35. The van der Waals surface area contributed by atoms with E-state index in [2.05, 4.69) is 12.4 Å². The van der Waals surface area contributed by atoms with Crippen LogP contribution in [-0.2, 0) is 0 Å². The summed E-state index contributed by atoms with van der Waals surface area (Å²) < 4.78 is 0. The summed E-state index contributed by atoms with van der Waals surface area (Å²) in [5.41, 5.74) is 0.800. The second-order valence-corrected chi connectivity index (χ2v) is 3.60. The van der Waals surface area contributed by atoms with Gasteiger partial charge >= 0.3 is 0 Å². The van der Waals surface area contributed by atoms with Crippen molar-refractivity contribution < 1.29 is 0 Å². The smallest absolute Gasteiger partial charge is 0.0120 e. The van der Waals surface area contributed by atoms with Crippen LogP contribution >= 0.6 is 0 Å². The summed E-state index contributed by atoms with van der Waals surface area (Å²) in [4.78, 5) is 0. The molecule has 1 atom stereocenters. The van der Waals surface area contributed by atoms with Gasteiger partial charge in [0.2, 0.25) is 0 Å². The molecule has 2 aliphatic carbocycles. The minimum Gasteiger partial charge on any atom is -0.316 e. The molecule has 0 radical (unpaired) electrons. The molecule has 2 saturated carbocycles. The first kappa shape index (κ1) is 5.72. The summed E-state index contributed by atoms with van der Waals surface area (Å²) >= 11 is 0. The predicted octanol–water partition coefficient (Wildman–Crippen LogP) is 1.54. The molecule has 0 aromatic heterocycles. The number of hydrogen-bond acceptors (Lipinski definition) is 1. The highest BCUT2D eigenvalue weighted by molar-refractivity contribution is 5.05. The highest BCUT2D eigenvalue weighted by Gasteiger charge is 2.50. The van der Waals surface area contributed by atoms with Gasteiger partial charge < -0.3 is 5.32 Å². The molecule has 2 fully saturated rings. The lowest BCUT2D eigenvalue weighted by Crippen LogP contribution is -2.29. The second-order valence-electron chi connectivity index (χ2n) is 3.60. The third-order valence-corrected chi connectivity index (χ3v) is 3.15. The van der Waals surface area contributed by atoms with Gasteiger partial charge in [-0.3, -0.25) is 0 Å². The molecule has 1 heteroatoms. The van der Waals surface area contributed by atoms with E-state index >= 15 is 0 Å². The largest absolute Gasteiger partial charge is 0.316 e. The summed E-state index contributed by atoms with van der Waals surface area (Å²) in [7, 11) is 2.11. The van der Waals surface area contributed by atoms with E-state index < -0.39 is 0 Å². The van der Waals surface area contributed by atoms with Gasteiger partial charge in [-0.1, -0.05) is 6.42 Å². The van der Waals surface area contributed by atoms with Crippen molar-refractivity contribution in [1.29, 1.82) is 0 Å². The summed E-state index contributed by atoms with van der Waals surface area (Å²) in [6, 6.07) is 0.873. The van der Waals surface area contributed by atoms with Gasteiger partial charge in [0.25, 0.3) is 0 Å². The zero-order valence-corrected chi connectivity index (χ0v) is 6.11. The first-order chi connectivity index (χ1) is 4.37. The molecule has 2 aliphatic rings. The predicted molar refractivity (Wildman–Crippen MR) is 38.4 cm³/mol. The summed E-state index contributed by atoms with van der Waals surface area (Å²) in [6.07, 6.45) is 7.39. The van der Waals surface area contributed by atoms with Crippen molar-refractivity contribution in [2.24, 2.45) is 5.41 Å². The van der Waals surface area contributed by atoms with E-state index in [4.69, 9.17) is 0 Å². The van der Waals surface area contributed by atoms with E-state index in [0.29, 0.717) is 0 Å². The third-order valence-electron chi connectivity index (χ3n) is 3.15. The van der Waals surface area contributed by atoms with Crippen molar-refractivity contribution in [1.82, 2.24) is 5.32 Å². The molecule has 0 bridgehead atoms. The zero-order chi connectivity index (χ0) is 6.32. The number of nitrogens with one attached hydrogen (secondary N) is 1. The van der Waals surface area contributed by atoms with Crippen molar-refractivity contribution in [3.63, 3.8) is 0 Å². The van der Waals surface area contributed by atoms with Crippen LogP contribution < -0.4 is 5.32 Å². The Labute approximate surface area is 56.8 Å². The van der Waals surface area contributed by atoms with E-state index in [1.54, 1.807) is 0 Å². The van der Waals surface area contributed by atoms with Gasteiger partial charge in [-0.2, -0.15) is 0 Å². The summed E-state index contributed by atoms with van der Waals surface area (Å²) in [6.45, 7) is 0. The Bertz CT molecular complexity index is 116. The Kier molecular flexibility index (Phi) is 1.10. The van der Waals surface area contributed by atoms with E-state index in [-0.39, 0.29) is 0 Å². The topological polar surface area (TPSA) is 12.0 Å². The van der Waals surface area contributed by atoms with Crippen LogP contribution in [0.5, 0.6) is 0 Å². The fourth-order valence-electron chi connectivity index (χ4n) is 2.35. The fraction of sp³-hybridized carbons (Fsp3) is 1.00. The molecule has 1 spiro atoms. The average molecular weight is 125 g/mol. The lowest BCUT2D eigenvalue weighted by Gasteiger charge is -2.16. The molecule has 0 saturated heterocycles.